The molecule has 0 saturated heterocycles. The van der Waals surface area contributed by atoms with E-state index < -0.39 is 0 Å². The summed E-state index contributed by atoms with van der Waals surface area (Å²) in [5.41, 5.74) is 1.74. The first-order chi connectivity index (χ1) is 11.1. The molecule has 0 heterocycles. The standard InChI is InChI=1S/C18H34N2OS2/c1-5-8-10-11-13-21-18(19)17(20-22)16(12-9-6-2)15-23(4)14-7-3/h12,19H,5-11,13-15H2,1-4H3/p+1/b16-12+,19-18?,20-17-. The lowest BCUT2D eigenvalue weighted by Crippen LogP contribution is -2.24. The molecule has 0 aliphatic rings. The maximum atomic E-state index is 8.20. The van der Waals surface area contributed by atoms with Crippen LogP contribution in [0, 0.1) is 5.41 Å². The first-order valence-corrected chi connectivity index (χ1v) is 11.2. The quantitative estimate of drug-likeness (QED) is 0.153. The minimum absolute atomic E-state index is 0.173. The average molecular weight is 360 g/mol. The van der Waals surface area contributed by atoms with Gasteiger partial charge in [-0.15, -0.1) is 0 Å². The van der Waals surface area contributed by atoms with E-state index >= 15 is 0 Å². The van der Waals surface area contributed by atoms with Crippen molar-refractivity contribution in [1.82, 2.24) is 0 Å². The Bertz CT molecular complexity index is 381. The number of hydrogen-bond donors (Lipinski definition) is 2. The Morgan fingerprint density at radius 3 is 2.43 bits per heavy atom. The Labute approximate surface area is 151 Å². The van der Waals surface area contributed by atoms with E-state index in [0.717, 1.165) is 37.0 Å². The highest BCUT2D eigenvalue weighted by molar-refractivity contribution is 7.96. The topological polar surface area (TPSA) is 45.4 Å². The molecule has 1 atom stereocenters. The zero-order valence-corrected chi connectivity index (χ0v) is 17.1. The summed E-state index contributed by atoms with van der Waals surface area (Å²) in [4.78, 5) is 0. The van der Waals surface area contributed by atoms with Crippen LogP contribution in [0.1, 0.15) is 65.7 Å². The first-order valence-electron chi connectivity index (χ1n) is 8.82. The summed E-state index contributed by atoms with van der Waals surface area (Å²) in [7, 11) is 0.312. The molecule has 0 aliphatic heterocycles. The van der Waals surface area contributed by atoms with Crippen LogP contribution in [0.3, 0.4) is 0 Å². The maximum absolute atomic E-state index is 8.20. The number of hydrogen-bond acceptors (Lipinski definition) is 4. The van der Waals surface area contributed by atoms with Crippen LogP contribution in [0.25, 0.3) is 0 Å². The number of ether oxygens (including phenoxy) is 1. The summed E-state index contributed by atoms with van der Waals surface area (Å²) in [6, 6.07) is 0. The highest BCUT2D eigenvalue weighted by atomic mass is 32.2. The van der Waals surface area contributed by atoms with Crippen LogP contribution < -0.4 is 0 Å². The molecule has 0 radical (unpaired) electrons. The van der Waals surface area contributed by atoms with Crippen molar-refractivity contribution in [2.75, 3.05) is 24.4 Å². The van der Waals surface area contributed by atoms with Gasteiger partial charge in [-0.05, 0) is 43.0 Å². The molecule has 0 fully saturated rings. The zero-order valence-electron chi connectivity index (χ0n) is 15.4. The van der Waals surface area contributed by atoms with Crippen molar-refractivity contribution in [2.45, 2.75) is 65.7 Å². The molecule has 0 spiro atoms. The summed E-state index contributed by atoms with van der Waals surface area (Å²) < 4.78 is 9.68. The molecule has 0 bridgehead atoms. The van der Waals surface area contributed by atoms with Crippen LogP contribution in [0.15, 0.2) is 16.0 Å². The van der Waals surface area contributed by atoms with Gasteiger partial charge in [0, 0.05) is 5.57 Å². The molecule has 0 aromatic carbocycles. The zero-order chi connectivity index (χ0) is 17.5. The second-order valence-electron chi connectivity index (χ2n) is 5.83. The molecule has 5 heteroatoms. The lowest BCUT2D eigenvalue weighted by molar-refractivity contribution is 0.296. The fourth-order valence-electron chi connectivity index (χ4n) is 2.26. The van der Waals surface area contributed by atoms with Crippen molar-refractivity contribution in [3.8, 4) is 0 Å². The van der Waals surface area contributed by atoms with Crippen LogP contribution >= 0.6 is 12.8 Å². The molecule has 0 aliphatic carbocycles. The van der Waals surface area contributed by atoms with E-state index in [4.69, 9.17) is 10.1 Å². The van der Waals surface area contributed by atoms with E-state index in [1.165, 1.54) is 25.0 Å². The average Bonchev–Trinajstić information content (AvgIpc) is 2.53. The van der Waals surface area contributed by atoms with Crippen molar-refractivity contribution in [3.63, 3.8) is 0 Å². The lowest BCUT2D eigenvalue weighted by atomic mass is 10.1. The minimum atomic E-state index is 0.173. The highest BCUT2D eigenvalue weighted by Gasteiger charge is 2.21. The van der Waals surface area contributed by atoms with Gasteiger partial charge in [-0.1, -0.05) is 52.5 Å². The summed E-state index contributed by atoms with van der Waals surface area (Å²) in [6.45, 7) is 7.17. The third-order valence-corrected chi connectivity index (χ3v) is 5.61. The molecule has 1 N–H and O–H groups in total. The molecule has 1 unspecified atom stereocenters. The Hall–Kier alpha value is -0.420. The van der Waals surface area contributed by atoms with Gasteiger partial charge in [0.25, 0.3) is 0 Å². The van der Waals surface area contributed by atoms with E-state index in [-0.39, 0.29) is 5.90 Å². The second-order valence-corrected chi connectivity index (χ2v) is 8.29. The summed E-state index contributed by atoms with van der Waals surface area (Å²) in [5, 5.41) is 8.20. The van der Waals surface area contributed by atoms with Gasteiger partial charge in [-0.3, -0.25) is 5.41 Å². The monoisotopic (exact) mass is 359 g/mol. The van der Waals surface area contributed by atoms with E-state index in [1.54, 1.807) is 0 Å². The molecule has 0 aromatic heterocycles. The van der Waals surface area contributed by atoms with Crippen LogP contribution in [0.2, 0.25) is 0 Å². The lowest BCUT2D eigenvalue weighted by Gasteiger charge is -2.12. The van der Waals surface area contributed by atoms with Crippen molar-refractivity contribution in [2.24, 2.45) is 4.40 Å². The molecular weight excluding hydrogens is 324 g/mol. The second kappa shape index (κ2) is 15.1. The molecule has 134 valence electrons. The number of nitrogens with one attached hydrogen (secondary N) is 1. The molecule has 0 rings (SSSR count). The maximum Gasteiger partial charge on any atom is 0.233 e. The number of allylic oxidation sites excluding steroid dienone is 1. The SMILES string of the molecule is CCC/C=C(C[S+](C)CCC)/C(=N/S)C(=N)OCCCCCC. The number of nitrogens with zero attached hydrogens (tertiary/aromatic N) is 1. The Kier molecular flexibility index (Phi) is 14.9. The summed E-state index contributed by atoms with van der Waals surface area (Å²) in [6.07, 6.45) is 12.4. The van der Waals surface area contributed by atoms with Gasteiger partial charge < -0.3 is 4.74 Å². The molecule has 0 aromatic rings. The minimum Gasteiger partial charge on any atom is -0.477 e. The third-order valence-electron chi connectivity index (χ3n) is 3.50. The van der Waals surface area contributed by atoms with E-state index in [9.17, 15) is 0 Å². The predicted octanol–water partition coefficient (Wildman–Crippen LogP) is 5.23. The third kappa shape index (κ3) is 10.9. The number of unbranched alkanes of at least 4 members (excludes halogenated alkanes) is 4. The van der Waals surface area contributed by atoms with Crippen molar-refractivity contribution >= 4 is 35.3 Å². The molecule has 0 saturated carbocycles. The van der Waals surface area contributed by atoms with Gasteiger partial charge in [0.2, 0.25) is 5.90 Å². The van der Waals surface area contributed by atoms with Gasteiger partial charge in [0.1, 0.15) is 17.2 Å². The van der Waals surface area contributed by atoms with Crippen LogP contribution in [0.5, 0.6) is 0 Å². The van der Waals surface area contributed by atoms with Crippen LogP contribution in [0.4, 0.5) is 0 Å². The Morgan fingerprint density at radius 2 is 1.87 bits per heavy atom. The van der Waals surface area contributed by atoms with Crippen molar-refractivity contribution in [3.05, 3.63) is 11.6 Å². The Morgan fingerprint density at radius 1 is 1.13 bits per heavy atom. The number of rotatable bonds is 13. The van der Waals surface area contributed by atoms with Gasteiger partial charge in [0.15, 0.2) is 0 Å². The molecule has 0 amide bonds. The fraction of sp³-hybridized carbons (Fsp3) is 0.778. The normalized spacial score (nSPS) is 14.0. The van der Waals surface area contributed by atoms with Crippen LogP contribution in [-0.4, -0.2) is 36.0 Å². The predicted molar refractivity (Wildman–Crippen MR) is 111 cm³/mol. The van der Waals surface area contributed by atoms with Gasteiger partial charge in [-0.25, -0.2) is 4.40 Å². The van der Waals surface area contributed by atoms with Gasteiger partial charge >= 0.3 is 0 Å². The molecule has 3 nitrogen and oxygen atoms in total. The highest BCUT2D eigenvalue weighted by Crippen LogP contribution is 2.12. The fourth-order valence-corrected chi connectivity index (χ4v) is 4.10. The van der Waals surface area contributed by atoms with Gasteiger partial charge in [0.05, 0.1) is 12.9 Å². The number of thiol groups is 1. The summed E-state index contributed by atoms with van der Waals surface area (Å²) in [5.74, 6) is 2.36. The molecule has 23 heavy (non-hydrogen) atoms. The van der Waals surface area contributed by atoms with E-state index in [0.29, 0.717) is 23.2 Å². The Balaban J connectivity index is 4.71. The largest absolute Gasteiger partial charge is 0.477 e. The van der Waals surface area contributed by atoms with E-state index in [2.05, 4.69) is 50.3 Å². The molecular formula is C18H35N2OS2+. The summed E-state index contributed by atoms with van der Waals surface area (Å²) >= 11 is 4.10. The van der Waals surface area contributed by atoms with E-state index in [1.807, 2.05) is 0 Å². The first kappa shape index (κ1) is 22.6. The van der Waals surface area contributed by atoms with Crippen molar-refractivity contribution < 1.29 is 4.74 Å². The van der Waals surface area contributed by atoms with Crippen molar-refractivity contribution in [1.29, 1.82) is 5.41 Å². The van der Waals surface area contributed by atoms with Crippen LogP contribution in [-0.2, 0) is 15.6 Å². The van der Waals surface area contributed by atoms with Gasteiger partial charge in [-0.2, -0.15) is 0 Å². The smallest absolute Gasteiger partial charge is 0.233 e.